The van der Waals surface area contributed by atoms with Crippen LogP contribution in [0.1, 0.15) is 25.7 Å². The molecule has 0 spiro atoms. The fourth-order valence-corrected chi connectivity index (χ4v) is 3.00. The zero-order valence-corrected chi connectivity index (χ0v) is 12.7. The van der Waals surface area contributed by atoms with Crippen LogP contribution in [-0.4, -0.2) is 54.8 Å². The summed E-state index contributed by atoms with van der Waals surface area (Å²) in [5.41, 5.74) is 5.86. The highest BCUT2D eigenvalue weighted by Gasteiger charge is 2.20. The Kier molecular flexibility index (Phi) is 4.38. The summed E-state index contributed by atoms with van der Waals surface area (Å²) >= 11 is 0. The number of anilines is 3. The maximum Gasteiger partial charge on any atom is 0.231 e. The summed E-state index contributed by atoms with van der Waals surface area (Å²) < 4.78 is 5.41. The third-order valence-corrected chi connectivity index (χ3v) is 4.23. The quantitative estimate of drug-likeness (QED) is 0.883. The van der Waals surface area contributed by atoms with Crippen LogP contribution in [0.3, 0.4) is 0 Å². The van der Waals surface area contributed by atoms with Gasteiger partial charge in [0.15, 0.2) is 0 Å². The first kappa shape index (κ1) is 14.3. The van der Waals surface area contributed by atoms with E-state index in [4.69, 9.17) is 10.5 Å². The van der Waals surface area contributed by atoms with Gasteiger partial charge in [-0.1, -0.05) is 0 Å². The SMILES string of the molecule is CN(CC1CCOCC1)c1nc(N)nc(N2CCCC2)n1. The molecule has 2 N–H and O–H groups in total. The Morgan fingerprint density at radius 2 is 1.90 bits per heavy atom. The average molecular weight is 292 g/mol. The Balaban J connectivity index is 1.70. The van der Waals surface area contributed by atoms with Crippen molar-refractivity contribution in [3.8, 4) is 0 Å². The van der Waals surface area contributed by atoms with Gasteiger partial charge in [0, 0.05) is 39.9 Å². The maximum atomic E-state index is 5.86. The minimum Gasteiger partial charge on any atom is -0.381 e. The molecule has 0 amide bonds. The van der Waals surface area contributed by atoms with Crippen molar-refractivity contribution < 1.29 is 4.74 Å². The highest BCUT2D eigenvalue weighted by molar-refractivity contribution is 5.43. The molecule has 2 fully saturated rings. The highest BCUT2D eigenvalue weighted by Crippen LogP contribution is 2.21. The molecule has 2 aliphatic heterocycles. The summed E-state index contributed by atoms with van der Waals surface area (Å²) in [6.07, 6.45) is 4.59. The minimum absolute atomic E-state index is 0.306. The van der Waals surface area contributed by atoms with Crippen molar-refractivity contribution in [3.05, 3.63) is 0 Å². The first-order valence-corrected chi connectivity index (χ1v) is 7.78. The standard InChI is InChI=1S/C14H24N6O/c1-19(10-11-4-8-21-9-5-11)13-16-12(15)17-14(18-13)20-6-2-3-7-20/h11H,2-10H2,1H3,(H2,15,16,17,18). The van der Waals surface area contributed by atoms with Crippen LogP contribution >= 0.6 is 0 Å². The van der Waals surface area contributed by atoms with Crippen molar-refractivity contribution >= 4 is 17.8 Å². The number of aromatic nitrogens is 3. The van der Waals surface area contributed by atoms with Crippen LogP contribution in [0.25, 0.3) is 0 Å². The van der Waals surface area contributed by atoms with Crippen LogP contribution in [0.2, 0.25) is 0 Å². The van der Waals surface area contributed by atoms with Crippen LogP contribution in [0.5, 0.6) is 0 Å². The van der Waals surface area contributed by atoms with E-state index in [0.29, 0.717) is 23.8 Å². The van der Waals surface area contributed by atoms with Gasteiger partial charge in [0.2, 0.25) is 17.8 Å². The van der Waals surface area contributed by atoms with E-state index in [0.717, 1.165) is 45.7 Å². The second kappa shape index (κ2) is 6.43. The van der Waals surface area contributed by atoms with Gasteiger partial charge in [-0.3, -0.25) is 0 Å². The molecule has 0 unspecified atom stereocenters. The van der Waals surface area contributed by atoms with E-state index in [-0.39, 0.29) is 0 Å². The van der Waals surface area contributed by atoms with Crippen LogP contribution in [0, 0.1) is 5.92 Å². The van der Waals surface area contributed by atoms with Crippen molar-refractivity contribution in [2.24, 2.45) is 5.92 Å². The highest BCUT2D eigenvalue weighted by atomic mass is 16.5. The third-order valence-electron chi connectivity index (χ3n) is 4.23. The van der Waals surface area contributed by atoms with Crippen LogP contribution in [0.15, 0.2) is 0 Å². The molecule has 0 saturated carbocycles. The first-order chi connectivity index (χ1) is 10.2. The molecule has 0 bridgehead atoms. The van der Waals surface area contributed by atoms with Gasteiger partial charge in [-0.15, -0.1) is 0 Å². The molecule has 2 saturated heterocycles. The largest absolute Gasteiger partial charge is 0.381 e. The second-order valence-electron chi connectivity index (χ2n) is 5.92. The topological polar surface area (TPSA) is 80.4 Å². The van der Waals surface area contributed by atoms with Crippen molar-refractivity contribution in [1.82, 2.24) is 15.0 Å². The lowest BCUT2D eigenvalue weighted by molar-refractivity contribution is 0.0684. The van der Waals surface area contributed by atoms with E-state index >= 15 is 0 Å². The van der Waals surface area contributed by atoms with E-state index in [1.807, 2.05) is 7.05 Å². The number of ether oxygens (including phenoxy) is 1. The van der Waals surface area contributed by atoms with E-state index in [1.165, 1.54) is 12.8 Å². The molecule has 0 radical (unpaired) electrons. The monoisotopic (exact) mass is 292 g/mol. The number of nitrogens with two attached hydrogens (primary N) is 1. The molecule has 7 nitrogen and oxygen atoms in total. The Bertz CT molecular complexity index is 471. The number of nitrogen functional groups attached to an aromatic ring is 1. The summed E-state index contributed by atoms with van der Waals surface area (Å²) in [5.74, 6) is 2.34. The fourth-order valence-electron chi connectivity index (χ4n) is 3.00. The number of hydrogen-bond acceptors (Lipinski definition) is 7. The molecule has 116 valence electrons. The zero-order valence-electron chi connectivity index (χ0n) is 12.7. The summed E-state index contributed by atoms with van der Waals surface area (Å²) in [5, 5.41) is 0. The summed E-state index contributed by atoms with van der Waals surface area (Å²) in [7, 11) is 2.03. The summed E-state index contributed by atoms with van der Waals surface area (Å²) in [6, 6.07) is 0. The van der Waals surface area contributed by atoms with Gasteiger partial charge in [0.05, 0.1) is 0 Å². The van der Waals surface area contributed by atoms with Crippen molar-refractivity contribution in [3.63, 3.8) is 0 Å². The molecule has 2 aliphatic rings. The van der Waals surface area contributed by atoms with E-state index < -0.39 is 0 Å². The molecule has 1 aromatic heterocycles. The van der Waals surface area contributed by atoms with Crippen LogP contribution in [-0.2, 0) is 4.74 Å². The van der Waals surface area contributed by atoms with Crippen molar-refractivity contribution in [2.45, 2.75) is 25.7 Å². The lowest BCUT2D eigenvalue weighted by Gasteiger charge is -2.27. The molecule has 21 heavy (non-hydrogen) atoms. The number of hydrogen-bond donors (Lipinski definition) is 1. The van der Waals surface area contributed by atoms with E-state index in [2.05, 4.69) is 24.8 Å². The molecular weight excluding hydrogens is 268 g/mol. The lowest BCUT2D eigenvalue weighted by atomic mass is 10.0. The normalized spacial score (nSPS) is 20.0. The van der Waals surface area contributed by atoms with Gasteiger partial charge in [-0.05, 0) is 31.6 Å². The average Bonchev–Trinajstić information content (AvgIpc) is 3.02. The van der Waals surface area contributed by atoms with E-state index in [1.54, 1.807) is 0 Å². The zero-order chi connectivity index (χ0) is 14.7. The first-order valence-electron chi connectivity index (χ1n) is 7.78. The van der Waals surface area contributed by atoms with Gasteiger partial charge in [-0.25, -0.2) is 0 Å². The molecule has 0 aliphatic carbocycles. The molecule has 0 atom stereocenters. The summed E-state index contributed by atoms with van der Waals surface area (Å²) in [6.45, 7) is 4.67. The lowest BCUT2D eigenvalue weighted by Crippen LogP contribution is -2.31. The maximum absolute atomic E-state index is 5.86. The van der Waals surface area contributed by atoms with Gasteiger partial charge in [0.25, 0.3) is 0 Å². The third kappa shape index (κ3) is 3.53. The molecule has 1 aromatic rings. The van der Waals surface area contributed by atoms with Gasteiger partial charge < -0.3 is 20.3 Å². The van der Waals surface area contributed by atoms with Crippen molar-refractivity contribution in [1.29, 1.82) is 0 Å². The van der Waals surface area contributed by atoms with Crippen LogP contribution < -0.4 is 15.5 Å². The van der Waals surface area contributed by atoms with Gasteiger partial charge in [0.1, 0.15) is 0 Å². The molecule has 0 aromatic carbocycles. The number of rotatable bonds is 4. The smallest absolute Gasteiger partial charge is 0.231 e. The number of nitrogens with zero attached hydrogens (tertiary/aromatic N) is 5. The fraction of sp³-hybridized carbons (Fsp3) is 0.786. The minimum atomic E-state index is 0.306. The van der Waals surface area contributed by atoms with Gasteiger partial charge >= 0.3 is 0 Å². The Morgan fingerprint density at radius 1 is 1.19 bits per heavy atom. The molecule has 7 heteroatoms. The molecular formula is C14H24N6O. The predicted octanol–water partition coefficient (Wildman–Crippen LogP) is 0.917. The molecule has 3 rings (SSSR count). The molecule has 3 heterocycles. The van der Waals surface area contributed by atoms with Crippen LogP contribution in [0.4, 0.5) is 17.8 Å². The van der Waals surface area contributed by atoms with Crippen molar-refractivity contribution in [2.75, 3.05) is 55.4 Å². The van der Waals surface area contributed by atoms with Gasteiger partial charge in [-0.2, -0.15) is 15.0 Å². The Labute approximate surface area is 125 Å². The van der Waals surface area contributed by atoms with E-state index in [9.17, 15) is 0 Å². The summed E-state index contributed by atoms with van der Waals surface area (Å²) in [4.78, 5) is 17.4. The predicted molar refractivity (Wildman–Crippen MR) is 82.5 cm³/mol. The second-order valence-corrected chi connectivity index (χ2v) is 5.92. The Hall–Kier alpha value is -1.63. The Morgan fingerprint density at radius 3 is 2.62 bits per heavy atom.